The molecular formula is C13H7Br2FN2. The van der Waals surface area contributed by atoms with Crippen LogP contribution in [0.1, 0.15) is 5.56 Å². The second kappa shape index (κ2) is 5.51. The van der Waals surface area contributed by atoms with Crippen LogP contribution in [0, 0.1) is 17.1 Å². The van der Waals surface area contributed by atoms with Crippen LogP contribution in [0.3, 0.4) is 0 Å². The van der Waals surface area contributed by atoms with E-state index in [1.807, 2.05) is 24.3 Å². The number of halogens is 3. The smallest absolute Gasteiger partial charge is 0.126 e. The molecule has 0 aromatic heterocycles. The van der Waals surface area contributed by atoms with Crippen LogP contribution in [0.4, 0.5) is 15.8 Å². The molecule has 5 heteroatoms. The first-order chi connectivity index (χ1) is 8.58. The minimum absolute atomic E-state index is 0.281. The molecule has 0 radical (unpaired) electrons. The summed E-state index contributed by atoms with van der Waals surface area (Å²) in [6.45, 7) is 0. The van der Waals surface area contributed by atoms with Gasteiger partial charge in [0, 0.05) is 14.6 Å². The molecule has 90 valence electrons. The fraction of sp³-hybridized carbons (Fsp3) is 0. The Balaban J connectivity index is 2.37. The van der Waals surface area contributed by atoms with Crippen LogP contribution in [0.5, 0.6) is 0 Å². The Bertz CT molecular complexity index is 635. The first-order valence-corrected chi connectivity index (χ1v) is 6.60. The summed E-state index contributed by atoms with van der Waals surface area (Å²) in [5.74, 6) is -0.442. The van der Waals surface area contributed by atoms with E-state index >= 15 is 0 Å². The van der Waals surface area contributed by atoms with E-state index < -0.39 is 5.82 Å². The number of nitrogens with one attached hydrogen (secondary N) is 1. The van der Waals surface area contributed by atoms with Crippen molar-refractivity contribution in [2.24, 2.45) is 0 Å². The van der Waals surface area contributed by atoms with Gasteiger partial charge >= 0.3 is 0 Å². The van der Waals surface area contributed by atoms with Crippen LogP contribution in [0.25, 0.3) is 0 Å². The summed E-state index contributed by atoms with van der Waals surface area (Å²) < 4.78 is 15.0. The molecule has 2 aromatic rings. The third-order valence-electron chi connectivity index (χ3n) is 2.23. The van der Waals surface area contributed by atoms with Gasteiger partial charge in [-0.25, -0.2) is 4.39 Å². The second-order valence-corrected chi connectivity index (χ2v) is 5.36. The molecule has 1 N–H and O–H groups in total. The molecular weight excluding hydrogens is 363 g/mol. The number of hydrogen-bond donors (Lipinski definition) is 1. The first-order valence-electron chi connectivity index (χ1n) is 5.01. The molecule has 0 spiro atoms. The van der Waals surface area contributed by atoms with E-state index in [4.69, 9.17) is 5.26 Å². The van der Waals surface area contributed by atoms with Gasteiger partial charge in [0.15, 0.2) is 0 Å². The first kappa shape index (κ1) is 13.1. The fourth-order valence-corrected chi connectivity index (χ4v) is 2.18. The zero-order valence-corrected chi connectivity index (χ0v) is 12.2. The van der Waals surface area contributed by atoms with Crippen molar-refractivity contribution < 1.29 is 4.39 Å². The number of rotatable bonds is 2. The third-order valence-corrected chi connectivity index (χ3v) is 3.42. The van der Waals surface area contributed by atoms with E-state index in [1.165, 1.54) is 12.1 Å². The van der Waals surface area contributed by atoms with Crippen molar-refractivity contribution in [1.29, 1.82) is 5.26 Å². The van der Waals surface area contributed by atoms with E-state index in [-0.39, 0.29) is 5.56 Å². The maximum atomic E-state index is 13.3. The summed E-state index contributed by atoms with van der Waals surface area (Å²) >= 11 is 6.76. The second-order valence-electron chi connectivity index (χ2n) is 3.59. The van der Waals surface area contributed by atoms with Gasteiger partial charge in [0.05, 0.1) is 17.3 Å². The number of benzene rings is 2. The Morgan fingerprint density at radius 3 is 2.61 bits per heavy atom. The summed E-state index contributed by atoms with van der Waals surface area (Å²) in [5.41, 5.74) is 1.60. The minimum Gasteiger partial charge on any atom is -0.354 e. The van der Waals surface area contributed by atoms with Crippen molar-refractivity contribution in [3.05, 3.63) is 56.7 Å². The maximum absolute atomic E-state index is 13.3. The van der Waals surface area contributed by atoms with Gasteiger partial charge in [-0.2, -0.15) is 5.26 Å². The van der Waals surface area contributed by atoms with Crippen LogP contribution >= 0.6 is 31.9 Å². The predicted molar refractivity (Wildman–Crippen MR) is 76.2 cm³/mol. The SMILES string of the molecule is N#Cc1cc(F)cc(Nc2cc(Br)ccc2Br)c1. The van der Waals surface area contributed by atoms with Crippen LogP contribution in [0.2, 0.25) is 0 Å². The highest BCUT2D eigenvalue weighted by Gasteiger charge is 2.04. The Morgan fingerprint density at radius 2 is 1.89 bits per heavy atom. The molecule has 0 fully saturated rings. The van der Waals surface area contributed by atoms with Gasteiger partial charge in [-0.15, -0.1) is 0 Å². The van der Waals surface area contributed by atoms with Gasteiger partial charge in [0.25, 0.3) is 0 Å². The normalized spacial score (nSPS) is 9.89. The molecule has 0 heterocycles. The maximum Gasteiger partial charge on any atom is 0.126 e. The van der Waals surface area contributed by atoms with Gasteiger partial charge in [-0.3, -0.25) is 0 Å². The Kier molecular flexibility index (Phi) is 4.00. The summed E-state index contributed by atoms with van der Waals surface area (Å²) in [6, 6.07) is 11.7. The molecule has 2 nitrogen and oxygen atoms in total. The van der Waals surface area contributed by atoms with Gasteiger partial charge in [0.1, 0.15) is 5.82 Å². The highest BCUT2D eigenvalue weighted by atomic mass is 79.9. The lowest BCUT2D eigenvalue weighted by atomic mass is 10.2. The van der Waals surface area contributed by atoms with E-state index in [1.54, 1.807) is 6.07 Å². The molecule has 0 atom stereocenters. The number of nitriles is 1. The van der Waals surface area contributed by atoms with Gasteiger partial charge < -0.3 is 5.32 Å². The van der Waals surface area contributed by atoms with E-state index in [0.29, 0.717) is 5.69 Å². The molecule has 2 rings (SSSR count). The van der Waals surface area contributed by atoms with Crippen molar-refractivity contribution in [3.63, 3.8) is 0 Å². The monoisotopic (exact) mass is 368 g/mol. The third kappa shape index (κ3) is 3.09. The molecule has 0 saturated carbocycles. The summed E-state index contributed by atoms with van der Waals surface area (Å²) in [7, 11) is 0. The number of nitrogens with zero attached hydrogens (tertiary/aromatic N) is 1. The summed E-state index contributed by atoms with van der Waals surface area (Å²) in [6.07, 6.45) is 0. The lowest BCUT2D eigenvalue weighted by Gasteiger charge is -2.09. The van der Waals surface area contributed by atoms with Gasteiger partial charge in [0.2, 0.25) is 0 Å². The lowest BCUT2D eigenvalue weighted by Crippen LogP contribution is -1.93. The molecule has 0 unspecified atom stereocenters. The lowest BCUT2D eigenvalue weighted by molar-refractivity contribution is 0.628. The molecule has 2 aromatic carbocycles. The Hall–Kier alpha value is -1.38. The Morgan fingerprint density at radius 1 is 1.11 bits per heavy atom. The quantitative estimate of drug-likeness (QED) is 0.811. The predicted octanol–water partition coefficient (Wildman–Crippen LogP) is 4.97. The van der Waals surface area contributed by atoms with Crippen LogP contribution in [0.15, 0.2) is 45.3 Å². The van der Waals surface area contributed by atoms with Crippen molar-refractivity contribution in [1.82, 2.24) is 0 Å². The molecule has 0 saturated heterocycles. The zero-order valence-electron chi connectivity index (χ0n) is 9.05. The molecule has 0 amide bonds. The van der Waals surface area contributed by atoms with E-state index in [2.05, 4.69) is 37.2 Å². The average Bonchev–Trinajstić information content (AvgIpc) is 2.33. The average molecular weight is 370 g/mol. The van der Waals surface area contributed by atoms with Crippen LogP contribution in [-0.4, -0.2) is 0 Å². The molecule has 18 heavy (non-hydrogen) atoms. The van der Waals surface area contributed by atoms with Crippen LogP contribution in [-0.2, 0) is 0 Å². The van der Waals surface area contributed by atoms with Gasteiger partial charge in [-0.1, -0.05) is 15.9 Å². The highest BCUT2D eigenvalue weighted by Crippen LogP contribution is 2.29. The van der Waals surface area contributed by atoms with Crippen molar-refractivity contribution in [2.45, 2.75) is 0 Å². The van der Waals surface area contributed by atoms with E-state index in [0.717, 1.165) is 14.6 Å². The van der Waals surface area contributed by atoms with Crippen molar-refractivity contribution in [2.75, 3.05) is 5.32 Å². The zero-order chi connectivity index (χ0) is 13.1. The molecule has 0 aliphatic carbocycles. The summed E-state index contributed by atoms with van der Waals surface area (Å²) in [5, 5.41) is 11.9. The van der Waals surface area contributed by atoms with E-state index in [9.17, 15) is 4.39 Å². The Labute approximate surface area is 121 Å². The summed E-state index contributed by atoms with van der Waals surface area (Å²) in [4.78, 5) is 0. The topological polar surface area (TPSA) is 35.8 Å². The number of hydrogen-bond acceptors (Lipinski definition) is 2. The highest BCUT2D eigenvalue weighted by molar-refractivity contribution is 9.11. The van der Waals surface area contributed by atoms with Crippen molar-refractivity contribution >= 4 is 43.2 Å². The van der Waals surface area contributed by atoms with Gasteiger partial charge in [-0.05, 0) is 52.3 Å². The standard InChI is InChI=1S/C13H7Br2FN2/c14-9-1-2-12(15)13(5-9)18-11-4-8(7-17)3-10(16)6-11/h1-6,18H. The number of anilines is 2. The largest absolute Gasteiger partial charge is 0.354 e. The molecule has 0 aliphatic rings. The van der Waals surface area contributed by atoms with Crippen LogP contribution < -0.4 is 5.32 Å². The van der Waals surface area contributed by atoms with Crippen molar-refractivity contribution in [3.8, 4) is 6.07 Å². The fourth-order valence-electron chi connectivity index (χ4n) is 1.48. The molecule has 0 aliphatic heterocycles. The molecule has 0 bridgehead atoms. The minimum atomic E-state index is -0.442.